The Labute approximate surface area is 218 Å². The molecule has 4 aromatic rings. The van der Waals surface area contributed by atoms with Gasteiger partial charge < -0.3 is 15.1 Å². The first-order valence-corrected chi connectivity index (χ1v) is 13.2. The lowest BCUT2D eigenvalue weighted by atomic mass is 9.91. The van der Waals surface area contributed by atoms with E-state index in [1.165, 1.54) is 0 Å². The molecule has 1 amide bonds. The van der Waals surface area contributed by atoms with E-state index in [9.17, 15) is 4.79 Å². The third kappa shape index (κ3) is 3.97. The second-order valence-corrected chi connectivity index (χ2v) is 10.7. The highest BCUT2D eigenvalue weighted by Crippen LogP contribution is 2.43. The summed E-state index contributed by atoms with van der Waals surface area (Å²) in [5.74, 6) is 1.06. The van der Waals surface area contributed by atoms with Crippen LogP contribution in [0.2, 0.25) is 0 Å². The smallest absolute Gasteiger partial charge is 0.219 e. The van der Waals surface area contributed by atoms with Gasteiger partial charge in [0.2, 0.25) is 11.0 Å². The number of piperidine rings is 1. The number of nitrogens with zero attached hydrogens (tertiary/aromatic N) is 8. The van der Waals surface area contributed by atoms with Gasteiger partial charge in [-0.25, -0.2) is 4.52 Å². The highest BCUT2D eigenvalue weighted by Gasteiger charge is 2.45. The van der Waals surface area contributed by atoms with Gasteiger partial charge in [-0.1, -0.05) is 11.3 Å². The fourth-order valence-electron chi connectivity index (χ4n) is 5.87. The van der Waals surface area contributed by atoms with Gasteiger partial charge in [0.05, 0.1) is 34.2 Å². The van der Waals surface area contributed by atoms with Crippen LogP contribution in [0.4, 0.5) is 10.8 Å². The molecule has 4 aromatic heterocycles. The lowest BCUT2D eigenvalue weighted by Gasteiger charge is -2.41. The molecule has 5 heterocycles. The van der Waals surface area contributed by atoms with Gasteiger partial charge in [0.15, 0.2) is 5.01 Å². The summed E-state index contributed by atoms with van der Waals surface area (Å²) in [5, 5.41) is 27.6. The Morgan fingerprint density at radius 2 is 1.97 bits per heavy atom. The fourth-order valence-corrected chi connectivity index (χ4v) is 6.76. The number of carbonyl (C=O) groups is 1. The molecule has 0 radical (unpaired) electrons. The summed E-state index contributed by atoms with van der Waals surface area (Å²) >= 11 is 1.57. The third-order valence-electron chi connectivity index (χ3n) is 7.71. The van der Waals surface area contributed by atoms with Crippen LogP contribution < -0.4 is 10.2 Å². The van der Waals surface area contributed by atoms with Gasteiger partial charge in [0, 0.05) is 52.0 Å². The summed E-state index contributed by atoms with van der Waals surface area (Å²) in [6, 6.07) is 10.1. The van der Waals surface area contributed by atoms with Gasteiger partial charge in [0.1, 0.15) is 6.07 Å². The Hall–Kier alpha value is -4.04. The van der Waals surface area contributed by atoms with Crippen molar-refractivity contribution in [2.75, 3.05) is 37.4 Å². The molecule has 1 saturated carbocycles. The summed E-state index contributed by atoms with van der Waals surface area (Å²) in [6.45, 7) is 3.44. The van der Waals surface area contributed by atoms with Crippen molar-refractivity contribution in [1.82, 2.24) is 29.7 Å². The molecule has 37 heavy (non-hydrogen) atoms. The number of anilines is 2. The molecular formula is C26H27N9OS. The molecule has 2 aliphatic rings. The van der Waals surface area contributed by atoms with Crippen molar-refractivity contribution in [2.45, 2.75) is 25.8 Å². The van der Waals surface area contributed by atoms with E-state index >= 15 is 0 Å². The summed E-state index contributed by atoms with van der Waals surface area (Å²) in [5.41, 5.74) is 4.76. The van der Waals surface area contributed by atoms with Gasteiger partial charge in [-0.15, -0.1) is 10.2 Å². The second-order valence-electron chi connectivity index (χ2n) is 9.79. The molecule has 1 saturated heterocycles. The summed E-state index contributed by atoms with van der Waals surface area (Å²) in [7, 11) is 3.82. The zero-order valence-corrected chi connectivity index (χ0v) is 21.7. The molecule has 10 nitrogen and oxygen atoms in total. The lowest BCUT2D eigenvalue weighted by molar-refractivity contribution is -0.131. The first kappa shape index (κ1) is 23.4. The molecule has 188 valence electrons. The van der Waals surface area contributed by atoms with Gasteiger partial charge >= 0.3 is 0 Å². The summed E-state index contributed by atoms with van der Waals surface area (Å²) in [4.78, 5) is 21.0. The highest BCUT2D eigenvalue weighted by atomic mass is 32.1. The van der Waals surface area contributed by atoms with E-state index < -0.39 is 0 Å². The van der Waals surface area contributed by atoms with Crippen LogP contribution >= 0.6 is 11.3 Å². The number of pyridine rings is 1. The molecule has 2 fully saturated rings. The van der Waals surface area contributed by atoms with E-state index in [1.807, 2.05) is 43.4 Å². The zero-order chi connectivity index (χ0) is 25.7. The first-order valence-electron chi connectivity index (χ1n) is 12.3. The minimum absolute atomic E-state index is 0.139. The van der Waals surface area contributed by atoms with E-state index in [2.05, 4.69) is 31.6 Å². The van der Waals surface area contributed by atoms with Gasteiger partial charge in [-0.2, -0.15) is 10.4 Å². The fraction of sp³-hybridized carbons (Fsp3) is 0.385. The van der Waals surface area contributed by atoms with E-state index in [0.29, 0.717) is 23.4 Å². The maximum Gasteiger partial charge on any atom is 0.219 e. The summed E-state index contributed by atoms with van der Waals surface area (Å²) < 4.78 is 1.78. The number of fused-ring (bicyclic) bond motifs is 3. The average molecular weight is 514 g/mol. The van der Waals surface area contributed by atoms with Crippen molar-refractivity contribution in [1.29, 1.82) is 5.26 Å². The molecular weight excluding hydrogens is 486 g/mol. The van der Waals surface area contributed by atoms with E-state index in [-0.39, 0.29) is 5.91 Å². The molecule has 1 aliphatic heterocycles. The average Bonchev–Trinajstić information content (AvgIpc) is 3.63. The first-order chi connectivity index (χ1) is 18.0. The van der Waals surface area contributed by atoms with Crippen LogP contribution in [0.1, 0.15) is 25.3 Å². The SMILES string of the molecule is CNc1cc(-c2ccc3cc(C#N)cnn23)ncc1-c1nnc(N2C[C@H]3CC[C@@H](C2)C3N(C)C(C)=O)s1. The predicted molar refractivity (Wildman–Crippen MR) is 142 cm³/mol. The number of rotatable bonds is 5. The Morgan fingerprint density at radius 3 is 2.68 bits per heavy atom. The van der Waals surface area contributed by atoms with Crippen LogP contribution in [-0.4, -0.2) is 68.8 Å². The quantitative estimate of drug-likeness (QED) is 0.431. The lowest BCUT2D eigenvalue weighted by Crippen LogP contribution is -2.52. The van der Waals surface area contributed by atoms with Crippen molar-refractivity contribution < 1.29 is 4.79 Å². The molecule has 1 aliphatic carbocycles. The maximum atomic E-state index is 12.0. The Balaban J connectivity index is 1.26. The molecule has 1 unspecified atom stereocenters. The van der Waals surface area contributed by atoms with Crippen molar-refractivity contribution in [3.8, 4) is 28.0 Å². The molecule has 6 rings (SSSR count). The van der Waals surface area contributed by atoms with Crippen molar-refractivity contribution >= 4 is 33.6 Å². The zero-order valence-electron chi connectivity index (χ0n) is 20.9. The number of nitrogens with one attached hydrogen (secondary N) is 1. The standard InChI is InChI=1S/C26H27N9OS/c1-15(36)33(3)24-17-4-5-18(24)14-34(13-17)26-32-31-25(37-26)20-12-29-22(9-21(20)28-2)23-7-6-19-8-16(10-27)11-30-35(19)23/h6-9,11-12,17-18,24H,4-5,13-14H2,1-3H3,(H,28,29)/t17-,18+,24?. The Kier molecular flexibility index (Phi) is 5.76. The number of aromatic nitrogens is 5. The predicted octanol–water partition coefficient (Wildman–Crippen LogP) is 3.52. The molecule has 11 heteroatoms. The van der Waals surface area contributed by atoms with Crippen LogP contribution in [0.15, 0.2) is 36.7 Å². The summed E-state index contributed by atoms with van der Waals surface area (Å²) in [6.07, 6.45) is 5.67. The molecule has 1 N–H and O–H groups in total. The normalized spacial score (nSPS) is 20.7. The monoisotopic (exact) mass is 513 g/mol. The second kappa shape index (κ2) is 9.12. The van der Waals surface area contributed by atoms with Crippen molar-refractivity contribution in [3.05, 3.63) is 42.2 Å². The number of nitriles is 1. The van der Waals surface area contributed by atoms with E-state index in [0.717, 1.165) is 64.2 Å². The minimum Gasteiger partial charge on any atom is -0.387 e. The number of hydrogen-bond acceptors (Lipinski definition) is 9. The van der Waals surface area contributed by atoms with Crippen molar-refractivity contribution in [3.63, 3.8) is 0 Å². The largest absolute Gasteiger partial charge is 0.387 e. The number of hydrogen-bond donors (Lipinski definition) is 1. The van der Waals surface area contributed by atoms with Crippen LogP contribution in [0.25, 0.3) is 27.5 Å². The molecule has 2 bridgehead atoms. The number of amides is 1. The van der Waals surface area contributed by atoms with Crippen LogP contribution in [0.5, 0.6) is 0 Å². The molecule has 3 atom stereocenters. The van der Waals surface area contributed by atoms with E-state index in [4.69, 9.17) is 10.2 Å². The third-order valence-corrected chi connectivity index (χ3v) is 8.73. The minimum atomic E-state index is 0.139. The maximum absolute atomic E-state index is 12.0. The Bertz CT molecular complexity index is 1520. The van der Waals surface area contributed by atoms with E-state index in [1.54, 1.807) is 35.0 Å². The van der Waals surface area contributed by atoms with Gasteiger partial charge in [0.25, 0.3) is 0 Å². The topological polar surface area (TPSA) is 115 Å². The molecule has 0 aromatic carbocycles. The molecule has 0 spiro atoms. The van der Waals surface area contributed by atoms with Gasteiger partial charge in [-0.3, -0.25) is 9.78 Å². The van der Waals surface area contributed by atoms with Crippen LogP contribution in [-0.2, 0) is 4.79 Å². The van der Waals surface area contributed by atoms with Crippen LogP contribution in [0.3, 0.4) is 0 Å². The highest BCUT2D eigenvalue weighted by molar-refractivity contribution is 7.18. The van der Waals surface area contributed by atoms with Gasteiger partial charge in [-0.05, 0) is 48.9 Å². The Morgan fingerprint density at radius 1 is 1.19 bits per heavy atom. The number of carbonyl (C=O) groups excluding carboxylic acids is 1. The van der Waals surface area contributed by atoms with Crippen molar-refractivity contribution in [2.24, 2.45) is 11.8 Å². The van der Waals surface area contributed by atoms with Crippen LogP contribution in [0, 0.1) is 23.2 Å².